The van der Waals surface area contributed by atoms with E-state index in [1.807, 2.05) is 0 Å². The summed E-state index contributed by atoms with van der Waals surface area (Å²) in [5, 5.41) is 0.429. The van der Waals surface area contributed by atoms with Crippen LogP contribution in [-0.4, -0.2) is 17.6 Å². The molecule has 0 amide bonds. The van der Waals surface area contributed by atoms with Gasteiger partial charge in [-0.2, -0.15) is 0 Å². The molecule has 1 nitrogen and oxygen atoms in total. The van der Waals surface area contributed by atoms with Crippen molar-refractivity contribution >= 4 is 11.6 Å². The van der Waals surface area contributed by atoms with E-state index in [0.717, 1.165) is 35.5 Å². The van der Waals surface area contributed by atoms with Gasteiger partial charge < -0.3 is 4.74 Å². The average molecular weight is 337 g/mol. The molecule has 0 spiro atoms. The molecule has 0 aromatic carbocycles. The second-order valence-corrected chi connectivity index (χ2v) is 10.6. The summed E-state index contributed by atoms with van der Waals surface area (Å²) in [5.41, 5.74) is 0.477. The molecular formula is C21H33ClO. The molecular weight excluding hydrogens is 304 g/mol. The molecule has 130 valence electrons. The van der Waals surface area contributed by atoms with Crippen LogP contribution >= 0.6 is 11.6 Å². The summed E-state index contributed by atoms with van der Waals surface area (Å²) < 4.78 is 6.82. The van der Waals surface area contributed by atoms with Gasteiger partial charge in [0.2, 0.25) is 0 Å². The van der Waals surface area contributed by atoms with Crippen LogP contribution in [0.25, 0.3) is 0 Å². The average Bonchev–Trinajstić information content (AvgIpc) is 3.02. The van der Waals surface area contributed by atoms with Gasteiger partial charge in [0.05, 0.1) is 12.2 Å². The summed E-state index contributed by atoms with van der Waals surface area (Å²) in [6.07, 6.45) is 13.6. The van der Waals surface area contributed by atoms with Crippen LogP contribution in [0.1, 0.15) is 71.6 Å². The van der Waals surface area contributed by atoms with Crippen LogP contribution in [0.3, 0.4) is 0 Å². The third-order valence-electron chi connectivity index (χ3n) is 8.96. The molecule has 0 N–H and O–H groups in total. The highest BCUT2D eigenvalue weighted by molar-refractivity contribution is 6.20. The smallest absolute Gasteiger partial charge is 0.0644 e. The Morgan fingerprint density at radius 3 is 2.48 bits per heavy atom. The Hall–Kier alpha value is 0.250. The van der Waals surface area contributed by atoms with E-state index >= 15 is 0 Å². The first-order chi connectivity index (χ1) is 11.1. The van der Waals surface area contributed by atoms with Crippen molar-refractivity contribution in [3.05, 3.63) is 0 Å². The lowest BCUT2D eigenvalue weighted by Crippen LogP contribution is -2.41. The molecule has 2 heteroatoms. The highest BCUT2D eigenvalue weighted by Gasteiger charge is 2.63. The monoisotopic (exact) mass is 336 g/mol. The van der Waals surface area contributed by atoms with Gasteiger partial charge in [0.15, 0.2) is 0 Å². The van der Waals surface area contributed by atoms with E-state index in [0.29, 0.717) is 23.0 Å². The first kappa shape index (κ1) is 15.5. The van der Waals surface area contributed by atoms with Crippen LogP contribution < -0.4 is 0 Å². The van der Waals surface area contributed by atoms with Crippen molar-refractivity contribution in [2.45, 2.75) is 89.2 Å². The van der Waals surface area contributed by atoms with Crippen molar-refractivity contribution in [2.75, 3.05) is 0 Å². The second-order valence-electron chi connectivity index (χ2n) is 10.0. The third kappa shape index (κ3) is 2.14. The molecule has 0 bridgehead atoms. The van der Waals surface area contributed by atoms with Gasteiger partial charge in [-0.1, -0.05) is 26.7 Å². The molecule has 5 fully saturated rings. The van der Waals surface area contributed by atoms with Crippen LogP contribution in [0.15, 0.2) is 0 Å². The van der Waals surface area contributed by atoms with Crippen molar-refractivity contribution in [1.29, 1.82) is 0 Å². The number of fused-ring (bicyclic) bond motifs is 7. The SMILES string of the molecule is CC1(C)C2CC(Cl)CCC2C2C3OC4CCCCC4C3CCC21. The standard InChI is InChI=1S/C21H33ClO/c1-21(2)16-10-9-14-13-5-3-4-6-18(13)23-20(14)19(16)15-8-7-12(22)11-17(15)21/h12-20H,3-11H2,1-2H3. The van der Waals surface area contributed by atoms with E-state index in [9.17, 15) is 0 Å². The van der Waals surface area contributed by atoms with Crippen molar-refractivity contribution < 1.29 is 4.74 Å². The van der Waals surface area contributed by atoms with Crippen molar-refractivity contribution in [2.24, 2.45) is 40.9 Å². The van der Waals surface area contributed by atoms with E-state index in [4.69, 9.17) is 16.3 Å². The zero-order valence-corrected chi connectivity index (χ0v) is 15.6. The van der Waals surface area contributed by atoms with Crippen molar-refractivity contribution in [3.63, 3.8) is 0 Å². The molecule has 5 aliphatic rings. The summed E-state index contributed by atoms with van der Waals surface area (Å²) in [6.45, 7) is 5.12. The van der Waals surface area contributed by atoms with E-state index in [2.05, 4.69) is 13.8 Å². The Morgan fingerprint density at radius 2 is 1.61 bits per heavy atom. The summed E-state index contributed by atoms with van der Waals surface area (Å²) in [5.74, 6) is 5.28. The highest BCUT2D eigenvalue weighted by atomic mass is 35.5. The largest absolute Gasteiger partial charge is 0.374 e. The van der Waals surface area contributed by atoms with Gasteiger partial charge in [0.1, 0.15) is 0 Å². The Balaban J connectivity index is 1.47. The van der Waals surface area contributed by atoms with Gasteiger partial charge in [0, 0.05) is 5.38 Å². The number of hydrogen-bond donors (Lipinski definition) is 0. The number of alkyl halides is 1. The molecule has 5 rings (SSSR count). The lowest BCUT2D eigenvalue weighted by Gasteiger charge is -2.42. The fourth-order valence-corrected chi connectivity index (χ4v) is 8.34. The summed E-state index contributed by atoms with van der Waals surface area (Å²) >= 11 is 6.59. The topological polar surface area (TPSA) is 9.23 Å². The summed E-state index contributed by atoms with van der Waals surface area (Å²) in [4.78, 5) is 0. The lowest BCUT2D eigenvalue weighted by atomic mass is 9.63. The van der Waals surface area contributed by atoms with Crippen LogP contribution in [0.4, 0.5) is 0 Å². The summed E-state index contributed by atoms with van der Waals surface area (Å²) in [7, 11) is 0. The maximum atomic E-state index is 6.82. The van der Waals surface area contributed by atoms with E-state index in [-0.39, 0.29) is 0 Å². The van der Waals surface area contributed by atoms with Crippen molar-refractivity contribution in [1.82, 2.24) is 0 Å². The van der Waals surface area contributed by atoms with Crippen LogP contribution in [0.2, 0.25) is 0 Å². The molecule has 0 radical (unpaired) electrons. The van der Waals surface area contributed by atoms with Gasteiger partial charge in [-0.3, -0.25) is 0 Å². The van der Waals surface area contributed by atoms with E-state index in [1.54, 1.807) is 0 Å². The number of halogens is 1. The predicted molar refractivity (Wildman–Crippen MR) is 94.6 cm³/mol. The fourth-order valence-electron chi connectivity index (χ4n) is 8.02. The Labute approximate surface area is 146 Å². The molecule has 0 aromatic heterocycles. The van der Waals surface area contributed by atoms with Crippen molar-refractivity contribution in [3.8, 4) is 0 Å². The molecule has 9 unspecified atom stereocenters. The normalized spacial score (nSPS) is 57.3. The Kier molecular flexibility index (Phi) is 3.62. The number of hydrogen-bond acceptors (Lipinski definition) is 1. The summed E-state index contributed by atoms with van der Waals surface area (Å²) in [6, 6.07) is 0. The minimum Gasteiger partial charge on any atom is -0.374 e. The van der Waals surface area contributed by atoms with Crippen LogP contribution in [0.5, 0.6) is 0 Å². The van der Waals surface area contributed by atoms with Crippen LogP contribution in [-0.2, 0) is 4.74 Å². The van der Waals surface area contributed by atoms with E-state index < -0.39 is 0 Å². The van der Waals surface area contributed by atoms with Gasteiger partial charge in [0.25, 0.3) is 0 Å². The quantitative estimate of drug-likeness (QED) is 0.519. The number of rotatable bonds is 0. The zero-order chi connectivity index (χ0) is 15.8. The van der Waals surface area contributed by atoms with Gasteiger partial charge in [-0.25, -0.2) is 0 Å². The third-order valence-corrected chi connectivity index (χ3v) is 9.35. The zero-order valence-electron chi connectivity index (χ0n) is 14.8. The molecule has 4 saturated carbocycles. The molecule has 1 aliphatic heterocycles. The minimum absolute atomic E-state index is 0.429. The molecule has 9 atom stereocenters. The van der Waals surface area contributed by atoms with E-state index in [1.165, 1.54) is 57.8 Å². The first-order valence-electron chi connectivity index (χ1n) is 10.4. The first-order valence-corrected chi connectivity index (χ1v) is 10.8. The fraction of sp³-hybridized carbons (Fsp3) is 1.00. The highest BCUT2D eigenvalue weighted by Crippen LogP contribution is 2.66. The Bertz CT molecular complexity index is 474. The maximum absolute atomic E-state index is 6.82. The maximum Gasteiger partial charge on any atom is 0.0644 e. The molecule has 4 aliphatic carbocycles. The Morgan fingerprint density at radius 1 is 0.826 bits per heavy atom. The molecule has 23 heavy (non-hydrogen) atoms. The predicted octanol–water partition coefficient (Wildman–Crippen LogP) is 5.65. The molecule has 1 saturated heterocycles. The van der Waals surface area contributed by atoms with Gasteiger partial charge in [-0.05, 0) is 85.9 Å². The van der Waals surface area contributed by atoms with Gasteiger partial charge >= 0.3 is 0 Å². The molecule has 0 aromatic rings. The molecule has 1 heterocycles. The number of ether oxygens (including phenoxy) is 1. The van der Waals surface area contributed by atoms with Gasteiger partial charge in [-0.15, -0.1) is 11.6 Å². The minimum atomic E-state index is 0.429. The second kappa shape index (κ2) is 5.37. The lowest BCUT2D eigenvalue weighted by molar-refractivity contribution is -0.0575. The van der Waals surface area contributed by atoms with Crippen LogP contribution in [0, 0.1) is 40.9 Å².